The first-order valence-corrected chi connectivity index (χ1v) is 4.29. The van der Waals surface area contributed by atoms with Crippen molar-refractivity contribution in [3.63, 3.8) is 0 Å². The Hall–Kier alpha value is -1.24. The van der Waals surface area contributed by atoms with E-state index in [1.54, 1.807) is 0 Å². The van der Waals surface area contributed by atoms with Crippen LogP contribution in [-0.4, -0.2) is 13.1 Å². The van der Waals surface area contributed by atoms with Crippen LogP contribution < -0.4 is 4.90 Å². The van der Waals surface area contributed by atoms with Crippen molar-refractivity contribution in [2.75, 3.05) is 18.0 Å². The van der Waals surface area contributed by atoms with Gasteiger partial charge in [0.05, 0.1) is 0 Å². The molecule has 0 bridgehead atoms. The van der Waals surface area contributed by atoms with Gasteiger partial charge in [0.2, 0.25) is 0 Å². The average molecular weight is 159 g/mol. The Morgan fingerprint density at radius 2 is 2.17 bits per heavy atom. The normalized spacial score (nSPS) is 14.6. The van der Waals surface area contributed by atoms with E-state index in [1.165, 1.54) is 29.9 Å². The molecule has 0 saturated carbocycles. The third kappa shape index (κ3) is 1.22. The molecule has 0 aromatic heterocycles. The molecule has 0 N–H and O–H groups in total. The Morgan fingerprint density at radius 3 is 2.67 bits per heavy atom. The molecule has 1 aliphatic heterocycles. The molecule has 1 fully saturated rings. The van der Waals surface area contributed by atoms with E-state index in [0.717, 1.165) is 0 Å². The standard InChI is InChI=1S/C11H13N/c1-3-10-4-5-11(8-9(10)2)12-6-7-12/h3-5,8H,1,6-7H2,2H3. The molecule has 62 valence electrons. The predicted octanol–water partition coefficient (Wildman–Crippen LogP) is 2.46. The van der Waals surface area contributed by atoms with Gasteiger partial charge in [0.15, 0.2) is 0 Å². The van der Waals surface area contributed by atoms with Gasteiger partial charge < -0.3 is 4.90 Å². The summed E-state index contributed by atoms with van der Waals surface area (Å²) in [5.74, 6) is 0. The molecule has 12 heavy (non-hydrogen) atoms. The summed E-state index contributed by atoms with van der Waals surface area (Å²) in [5.41, 5.74) is 3.90. The lowest BCUT2D eigenvalue weighted by Crippen LogP contribution is -1.91. The molecular weight excluding hydrogens is 146 g/mol. The first-order chi connectivity index (χ1) is 5.81. The van der Waals surface area contributed by atoms with Crippen molar-refractivity contribution in [2.45, 2.75) is 6.92 Å². The van der Waals surface area contributed by atoms with Crippen LogP contribution in [0.25, 0.3) is 6.08 Å². The number of nitrogens with zero attached hydrogens (tertiary/aromatic N) is 1. The van der Waals surface area contributed by atoms with Gasteiger partial charge in [0.1, 0.15) is 0 Å². The second kappa shape index (κ2) is 2.67. The number of aryl methyl sites for hydroxylation is 1. The number of hydrogen-bond acceptors (Lipinski definition) is 1. The van der Waals surface area contributed by atoms with Crippen LogP contribution in [-0.2, 0) is 0 Å². The van der Waals surface area contributed by atoms with Crippen molar-refractivity contribution in [3.05, 3.63) is 35.9 Å². The van der Waals surface area contributed by atoms with Crippen LogP contribution in [0.1, 0.15) is 11.1 Å². The van der Waals surface area contributed by atoms with Crippen LogP contribution in [0, 0.1) is 6.92 Å². The molecule has 0 unspecified atom stereocenters. The monoisotopic (exact) mass is 159 g/mol. The highest BCUT2D eigenvalue weighted by Crippen LogP contribution is 2.24. The van der Waals surface area contributed by atoms with Crippen molar-refractivity contribution >= 4 is 11.8 Å². The average Bonchev–Trinajstić information content (AvgIpc) is 2.86. The zero-order valence-corrected chi connectivity index (χ0v) is 7.38. The smallest absolute Gasteiger partial charge is 0.0370 e. The van der Waals surface area contributed by atoms with E-state index < -0.39 is 0 Å². The fourth-order valence-corrected chi connectivity index (χ4v) is 1.39. The van der Waals surface area contributed by atoms with E-state index in [2.05, 4.69) is 36.6 Å². The molecule has 2 rings (SSSR count). The lowest BCUT2D eigenvalue weighted by atomic mass is 10.1. The Bertz CT molecular complexity index is 311. The van der Waals surface area contributed by atoms with Crippen molar-refractivity contribution in [2.24, 2.45) is 0 Å². The molecule has 0 atom stereocenters. The third-order valence-corrected chi connectivity index (χ3v) is 2.29. The predicted molar refractivity (Wildman–Crippen MR) is 53.5 cm³/mol. The molecular formula is C11H13N. The van der Waals surface area contributed by atoms with Gasteiger partial charge in [-0.2, -0.15) is 0 Å². The minimum atomic E-state index is 1.22. The summed E-state index contributed by atoms with van der Waals surface area (Å²) in [5, 5.41) is 0. The number of hydrogen-bond donors (Lipinski definition) is 0. The van der Waals surface area contributed by atoms with Crippen molar-refractivity contribution in [1.82, 2.24) is 0 Å². The lowest BCUT2D eigenvalue weighted by Gasteiger charge is -2.05. The summed E-state index contributed by atoms with van der Waals surface area (Å²) in [6, 6.07) is 6.52. The minimum Gasteiger partial charge on any atom is -0.368 e. The van der Waals surface area contributed by atoms with E-state index >= 15 is 0 Å². The van der Waals surface area contributed by atoms with Gasteiger partial charge in [-0.15, -0.1) is 0 Å². The first-order valence-electron chi connectivity index (χ1n) is 4.29. The van der Waals surface area contributed by atoms with E-state index in [9.17, 15) is 0 Å². The molecule has 1 nitrogen and oxygen atoms in total. The molecule has 1 saturated heterocycles. The van der Waals surface area contributed by atoms with E-state index in [-0.39, 0.29) is 0 Å². The maximum Gasteiger partial charge on any atom is 0.0370 e. The van der Waals surface area contributed by atoms with Crippen LogP contribution in [0.15, 0.2) is 24.8 Å². The second-order valence-corrected chi connectivity index (χ2v) is 3.23. The molecule has 0 radical (unpaired) electrons. The Kier molecular flexibility index (Phi) is 1.65. The van der Waals surface area contributed by atoms with Gasteiger partial charge in [-0.1, -0.05) is 18.7 Å². The summed E-state index contributed by atoms with van der Waals surface area (Å²) in [6.45, 7) is 8.33. The molecule has 0 aliphatic carbocycles. The highest BCUT2D eigenvalue weighted by atomic mass is 15.3. The van der Waals surface area contributed by atoms with Gasteiger partial charge in [-0.05, 0) is 30.2 Å². The van der Waals surface area contributed by atoms with Crippen LogP contribution in [0.4, 0.5) is 5.69 Å². The van der Waals surface area contributed by atoms with Crippen LogP contribution in [0.5, 0.6) is 0 Å². The van der Waals surface area contributed by atoms with Gasteiger partial charge >= 0.3 is 0 Å². The summed E-state index contributed by atoms with van der Waals surface area (Å²) in [6.07, 6.45) is 1.90. The van der Waals surface area contributed by atoms with Crippen LogP contribution in [0.2, 0.25) is 0 Å². The zero-order chi connectivity index (χ0) is 8.55. The quantitative estimate of drug-likeness (QED) is 0.599. The zero-order valence-electron chi connectivity index (χ0n) is 7.38. The molecule has 0 amide bonds. The second-order valence-electron chi connectivity index (χ2n) is 3.23. The highest BCUT2D eigenvalue weighted by Gasteiger charge is 2.17. The van der Waals surface area contributed by atoms with Gasteiger partial charge in [0.25, 0.3) is 0 Å². The van der Waals surface area contributed by atoms with Gasteiger partial charge in [0, 0.05) is 18.8 Å². The van der Waals surface area contributed by atoms with E-state index in [1.807, 2.05) is 6.08 Å². The Morgan fingerprint density at radius 1 is 1.42 bits per heavy atom. The Labute approximate surface area is 73.3 Å². The SMILES string of the molecule is C=Cc1ccc(N2CC2)cc1C. The number of rotatable bonds is 2. The minimum absolute atomic E-state index is 1.22. The number of benzene rings is 1. The molecule has 1 aliphatic rings. The van der Waals surface area contributed by atoms with E-state index in [0.29, 0.717) is 0 Å². The van der Waals surface area contributed by atoms with Crippen LogP contribution in [0.3, 0.4) is 0 Å². The molecule has 1 aromatic rings. The maximum atomic E-state index is 3.77. The summed E-state index contributed by atoms with van der Waals surface area (Å²) in [4.78, 5) is 2.35. The van der Waals surface area contributed by atoms with Crippen molar-refractivity contribution in [3.8, 4) is 0 Å². The summed E-state index contributed by atoms with van der Waals surface area (Å²) in [7, 11) is 0. The molecule has 1 heterocycles. The largest absolute Gasteiger partial charge is 0.368 e. The third-order valence-electron chi connectivity index (χ3n) is 2.29. The summed E-state index contributed by atoms with van der Waals surface area (Å²) < 4.78 is 0. The van der Waals surface area contributed by atoms with Crippen LogP contribution >= 0.6 is 0 Å². The van der Waals surface area contributed by atoms with Gasteiger partial charge in [-0.25, -0.2) is 0 Å². The highest BCUT2D eigenvalue weighted by molar-refractivity contribution is 5.60. The lowest BCUT2D eigenvalue weighted by molar-refractivity contribution is 1.35. The Balaban J connectivity index is 2.36. The maximum absolute atomic E-state index is 3.77. The molecule has 0 spiro atoms. The van der Waals surface area contributed by atoms with Gasteiger partial charge in [-0.3, -0.25) is 0 Å². The van der Waals surface area contributed by atoms with Crippen molar-refractivity contribution in [1.29, 1.82) is 0 Å². The fraction of sp³-hybridized carbons (Fsp3) is 0.273. The first kappa shape index (κ1) is 7.41. The molecule has 1 aromatic carbocycles. The number of anilines is 1. The molecule has 1 heteroatoms. The van der Waals surface area contributed by atoms with E-state index in [4.69, 9.17) is 0 Å². The topological polar surface area (TPSA) is 3.01 Å². The fourth-order valence-electron chi connectivity index (χ4n) is 1.39. The van der Waals surface area contributed by atoms with Crippen molar-refractivity contribution < 1.29 is 0 Å². The summed E-state index contributed by atoms with van der Waals surface area (Å²) >= 11 is 0.